The molecule has 37 heavy (non-hydrogen) atoms. The lowest BCUT2D eigenvalue weighted by molar-refractivity contribution is 0.486. The fourth-order valence-electron chi connectivity index (χ4n) is 6.12. The number of piperidine rings is 1. The Balaban J connectivity index is 1.21. The Kier molecular flexibility index (Phi) is 5.84. The minimum absolute atomic E-state index is 0.0204. The lowest BCUT2D eigenvalue weighted by atomic mass is 9.86. The number of fused-ring (bicyclic) bond motifs is 1. The summed E-state index contributed by atoms with van der Waals surface area (Å²) in [6, 6.07) is 5.19. The molecule has 0 spiro atoms. The average molecular weight is 520 g/mol. The molecule has 2 aliphatic carbocycles. The van der Waals surface area contributed by atoms with E-state index < -0.39 is 0 Å². The smallest absolute Gasteiger partial charge is 0.225 e. The molecule has 6 rings (SSSR count). The molecule has 1 saturated carbocycles. The van der Waals surface area contributed by atoms with Crippen molar-refractivity contribution in [2.45, 2.75) is 19.3 Å². The van der Waals surface area contributed by atoms with Gasteiger partial charge in [-0.3, -0.25) is 5.41 Å². The average Bonchev–Trinajstić information content (AvgIpc) is 3.23. The van der Waals surface area contributed by atoms with Crippen LogP contribution in [0.25, 0.3) is 11.5 Å². The van der Waals surface area contributed by atoms with Gasteiger partial charge < -0.3 is 20.8 Å². The first-order chi connectivity index (χ1) is 17.9. The van der Waals surface area contributed by atoms with Crippen molar-refractivity contribution >= 4 is 28.9 Å². The van der Waals surface area contributed by atoms with Gasteiger partial charge >= 0.3 is 0 Å². The molecule has 10 heteroatoms. The molecule has 0 radical (unpaired) electrons. The van der Waals surface area contributed by atoms with Crippen molar-refractivity contribution in [3.8, 4) is 11.5 Å². The van der Waals surface area contributed by atoms with E-state index in [1.807, 2.05) is 12.2 Å². The van der Waals surface area contributed by atoms with Gasteiger partial charge in [0.15, 0.2) is 5.82 Å². The molecule has 3 aliphatic rings. The van der Waals surface area contributed by atoms with Crippen LogP contribution >= 0.6 is 11.6 Å². The van der Waals surface area contributed by atoms with Gasteiger partial charge in [0.25, 0.3) is 0 Å². The Labute approximate surface area is 218 Å². The Morgan fingerprint density at radius 1 is 1.30 bits per heavy atom. The van der Waals surface area contributed by atoms with Gasteiger partial charge in [0, 0.05) is 42.6 Å². The van der Waals surface area contributed by atoms with Gasteiger partial charge in [-0.25, -0.2) is 19.3 Å². The summed E-state index contributed by atoms with van der Waals surface area (Å²) in [5, 5.41) is 9.04. The number of rotatable bonds is 6. The number of nitrogens with two attached hydrogens (primary N) is 2. The van der Waals surface area contributed by atoms with Gasteiger partial charge in [-0.1, -0.05) is 29.8 Å². The number of halogens is 2. The number of nitrogens with one attached hydrogen (secondary N) is 1. The van der Waals surface area contributed by atoms with Crippen LogP contribution in [0.4, 0.5) is 16.0 Å². The lowest BCUT2D eigenvalue weighted by Gasteiger charge is -2.27. The molecule has 5 N–H and O–H groups in total. The predicted octanol–water partition coefficient (Wildman–Crippen LogP) is 4.76. The Morgan fingerprint density at radius 3 is 2.86 bits per heavy atom. The maximum Gasteiger partial charge on any atom is 0.225 e. The van der Waals surface area contributed by atoms with Crippen LogP contribution in [0.15, 0.2) is 64.8 Å². The highest BCUT2D eigenvalue weighted by atomic mass is 35.5. The normalized spacial score (nSPS) is 24.8. The third-order valence-corrected chi connectivity index (χ3v) is 8.35. The molecule has 8 nitrogen and oxygen atoms in total. The van der Waals surface area contributed by atoms with Crippen LogP contribution < -0.4 is 16.4 Å². The molecule has 1 saturated heterocycles. The minimum Gasteiger partial charge on any atom is -0.445 e. The van der Waals surface area contributed by atoms with Crippen LogP contribution in [0.3, 0.4) is 0 Å². The van der Waals surface area contributed by atoms with E-state index in [0.717, 1.165) is 25.0 Å². The number of benzene rings is 1. The fraction of sp³-hybridized carbons (Fsp3) is 0.333. The number of allylic oxidation sites excluding steroid dienone is 3. The zero-order chi connectivity index (χ0) is 25.7. The molecule has 0 bridgehead atoms. The van der Waals surface area contributed by atoms with Crippen molar-refractivity contribution in [1.82, 2.24) is 15.0 Å². The highest BCUT2D eigenvalue weighted by Crippen LogP contribution is 2.67. The standard InChI is InChI=1S/C27H27ClFN7O/c28-20-11-15(26-33-8-10-37-26)5-6-16(20)23(31)24-25(32)35-22(12-34-24)36-9-7-17-19(13-36)27(17,14-30)18-3-1-2-4-21(18)29/h1,3,5-6,8,10-12,17,19,31H,2,4,7,9,13-14,30H2,(H2,32,35)/t17-,19+,27-/m1/s1. The predicted molar refractivity (Wildman–Crippen MR) is 141 cm³/mol. The van der Waals surface area contributed by atoms with Gasteiger partial charge in [-0.05, 0) is 42.4 Å². The second-order valence-electron chi connectivity index (χ2n) is 9.82. The Morgan fingerprint density at radius 2 is 2.16 bits per heavy atom. The molecular weight excluding hydrogens is 493 g/mol. The van der Waals surface area contributed by atoms with Crippen molar-refractivity contribution < 1.29 is 8.81 Å². The number of anilines is 2. The van der Waals surface area contributed by atoms with E-state index in [9.17, 15) is 4.39 Å². The van der Waals surface area contributed by atoms with E-state index in [1.54, 1.807) is 30.6 Å². The summed E-state index contributed by atoms with van der Waals surface area (Å²) >= 11 is 6.48. The highest BCUT2D eigenvalue weighted by Gasteiger charge is 2.66. The molecule has 2 aromatic heterocycles. The van der Waals surface area contributed by atoms with Crippen molar-refractivity contribution in [2.75, 3.05) is 30.3 Å². The first-order valence-corrected chi connectivity index (χ1v) is 12.7. The van der Waals surface area contributed by atoms with Crippen LogP contribution in [0.5, 0.6) is 0 Å². The summed E-state index contributed by atoms with van der Waals surface area (Å²) in [7, 11) is 0. The Hall–Kier alpha value is -3.56. The van der Waals surface area contributed by atoms with Crippen molar-refractivity contribution in [3.63, 3.8) is 0 Å². The van der Waals surface area contributed by atoms with Crippen LogP contribution in [0.2, 0.25) is 5.02 Å². The van der Waals surface area contributed by atoms with Gasteiger partial charge in [-0.2, -0.15) is 0 Å². The van der Waals surface area contributed by atoms with E-state index in [0.29, 0.717) is 53.3 Å². The highest BCUT2D eigenvalue weighted by molar-refractivity contribution is 6.35. The summed E-state index contributed by atoms with van der Waals surface area (Å²) in [6.07, 6.45) is 10.8. The molecule has 3 heterocycles. The van der Waals surface area contributed by atoms with E-state index in [-0.39, 0.29) is 34.4 Å². The second kappa shape index (κ2) is 9.08. The number of aromatic nitrogens is 3. The molecule has 190 valence electrons. The summed E-state index contributed by atoms with van der Waals surface area (Å²) in [4.78, 5) is 15.3. The Bertz CT molecular complexity index is 1440. The number of hydrogen-bond acceptors (Lipinski definition) is 8. The quantitative estimate of drug-likeness (QED) is 0.400. The largest absolute Gasteiger partial charge is 0.445 e. The third-order valence-electron chi connectivity index (χ3n) is 8.04. The van der Waals surface area contributed by atoms with Crippen molar-refractivity contribution in [1.29, 1.82) is 5.41 Å². The number of nitrogen functional groups attached to an aromatic ring is 1. The van der Waals surface area contributed by atoms with Crippen LogP contribution in [-0.2, 0) is 0 Å². The molecule has 2 fully saturated rings. The monoisotopic (exact) mass is 519 g/mol. The summed E-state index contributed by atoms with van der Waals surface area (Å²) < 4.78 is 20.1. The van der Waals surface area contributed by atoms with E-state index >= 15 is 0 Å². The van der Waals surface area contributed by atoms with E-state index in [1.165, 1.54) is 6.26 Å². The van der Waals surface area contributed by atoms with E-state index in [4.69, 9.17) is 32.9 Å². The van der Waals surface area contributed by atoms with Crippen molar-refractivity contribution in [2.24, 2.45) is 23.0 Å². The molecule has 0 unspecified atom stereocenters. The molecule has 1 aliphatic heterocycles. The number of nitrogens with zero attached hydrogens (tertiary/aromatic N) is 4. The lowest BCUT2D eigenvalue weighted by Crippen LogP contribution is -2.33. The minimum atomic E-state index is -0.301. The summed E-state index contributed by atoms with van der Waals surface area (Å²) in [6.45, 7) is 1.91. The van der Waals surface area contributed by atoms with Gasteiger partial charge in [0.2, 0.25) is 5.89 Å². The van der Waals surface area contributed by atoms with Gasteiger partial charge in [0.05, 0.1) is 23.1 Å². The van der Waals surface area contributed by atoms with Crippen LogP contribution in [0.1, 0.15) is 30.5 Å². The van der Waals surface area contributed by atoms with Crippen molar-refractivity contribution in [3.05, 3.63) is 76.7 Å². The summed E-state index contributed by atoms with van der Waals surface area (Å²) in [5.74, 6) is 1.85. The second-order valence-corrected chi connectivity index (χ2v) is 10.2. The van der Waals surface area contributed by atoms with Crippen LogP contribution in [-0.4, -0.2) is 40.3 Å². The first-order valence-electron chi connectivity index (χ1n) is 12.4. The first kappa shape index (κ1) is 23.8. The molecule has 1 aromatic carbocycles. The van der Waals surface area contributed by atoms with Crippen LogP contribution in [0, 0.1) is 22.7 Å². The maximum atomic E-state index is 14.7. The van der Waals surface area contributed by atoms with Gasteiger partial charge in [-0.15, -0.1) is 0 Å². The molecule has 0 amide bonds. The zero-order valence-corrected chi connectivity index (χ0v) is 20.9. The molecule has 3 atom stereocenters. The summed E-state index contributed by atoms with van der Waals surface area (Å²) in [5.41, 5.74) is 14.5. The molecule has 3 aromatic rings. The van der Waals surface area contributed by atoms with E-state index in [2.05, 4.69) is 19.9 Å². The van der Waals surface area contributed by atoms with Gasteiger partial charge in [0.1, 0.15) is 23.6 Å². The fourth-order valence-corrected chi connectivity index (χ4v) is 6.40. The number of hydrogen-bond donors (Lipinski definition) is 3. The third kappa shape index (κ3) is 3.84. The topological polar surface area (TPSA) is 131 Å². The SMILES string of the molecule is N=C(c1ccc(-c2ncco2)cc1Cl)c1ncc(N2CC[C@@H]3[C@H](C2)[C@@]3(CN)C2=C(F)CCC=C2)nc1N. The molecular formula is C27H27ClFN7O. The number of oxazole rings is 1. The maximum absolute atomic E-state index is 14.7. The zero-order valence-electron chi connectivity index (χ0n) is 20.1.